The molecule has 0 radical (unpaired) electrons. The topological polar surface area (TPSA) is 57.5 Å². The summed E-state index contributed by atoms with van der Waals surface area (Å²) in [7, 11) is -3.27. The lowest BCUT2D eigenvalue weighted by atomic mass is 10.4. The number of hydrogen-bond acceptors (Lipinski definition) is 3. The summed E-state index contributed by atoms with van der Waals surface area (Å²) in [5.41, 5.74) is 0. The molecule has 0 spiro atoms. The van der Waals surface area contributed by atoms with Crippen LogP contribution in [0, 0.1) is 0 Å². The van der Waals surface area contributed by atoms with Crippen LogP contribution >= 0.6 is 7.14 Å². The molecule has 2 aromatic carbocycles. The number of rotatable bonds is 4. The van der Waals surface area contributed by atoms with Crippen molar-refractivity contribution < 1.29 is 14.8 Å². The number of aliphatic hydroxyl groups is 2. The van der Waals surface area contributed by atoms with Crippen molar-refractivity contribution >= 4 is 17.8 Å². The van der Waals surface area contributed by atoms with E-state index in [1.807, 2.05) is 12.1 Å². The summed E-state index contributed by atoms with van der Waals surface area (Å²) >= 11 is 0. The van der Waals surface area contributed by atoms with E-state index in [2.05, 4.69) is 0 Å². The molecule has 100 valence electrons. The van der Waals surface area contributed by atoms with Gasteiger partial charge < -0.3 is 14.8 Å². The van der Waals surface area contributed by atoms with Gasteiger partial charge in [-0.2, -0.15) is 0 Å². The standard InChI is InChI=1S/C15H17O3P/c1-12(16)15(17)19(18,13-8-4-2-5-9-13)14-10-6-3-7-11-14/h2-12,15-17H,1H3. The van der Waals surface area contributed by atoms with Crippen molar-refractivity contribution in [2.45, 2.75) is 18.9 Å². The van der Waals surface area contributed by atoms with E-state index in [-0.39, 0.29) is 0 Å². The van der Waals surface area contributed by atoms with Crippen molar-refractivity contribution in [2.75, 3.05) is 0 Å². The van der Waals surface area contributed by atoms with Crippen molar-refractivity contribution in [1.29, 1.82) is 0 Å². The fourth-order valence-electron chi connectivity index (χ4n) is 2.06. The van der Waals surface area contributed by atoms with Gasteiger partial charge in [0, 0.05) is 10.6 Å². The van der Waals surface area contributed by atoms with E-state index in [1.54, 1.807) is 48.5 Å². The molecule has 19 heavy (non-hydrogen) atoms. The lowest BCUT2D eigenvalue weighted by Gasteiger charge is -2.26. The molecule has 2 N–H and O–H groups in total. The fraction of sp³-hybridized carbons (Fsp3) is 0.200. The van der Waals surface area contributed by atoms with Gasteiger partial charge in [-0.3, -0.25) is 0 Å². The quantitative estimate of drug-likeness (QED) is 0.836. The molecule has 0 aliphatic carbocycles. The Morgan fingerprint density at radius 3 is 1.53 bits per heavy atom. The minimum Gasteiger partial charge on any atom is -0.390 e. The van der Waals surface area contributed by atoms with Crippen LogP contribution in [0.3, 0.4) is 0 Å². The van der Waals surface area contributed by atoms with Crippen molar-refractivity contribution in [3.8, 4) is 0 Å². The molecule has 0 saturated heterocycles. The predicted octanol–water partition coefficient (Wildman–Crippen LogP) is 1.70. The van der Waals surface area contributed by atoms with Gasteiger partial charge in [0.1, 0.15) is 5.85 Å². The average Bonchev–Trinajstić information content (AvgIpc) is 2.47. The molecule has 2 unspecified atom stereocenters. The molecule has 0 heterocycles. The first-order valence-electron chi connectivity index (χ1n) is 6.14. The van der Waals surface area contributed by atoms with Crippen molar-refractivity contribution in [1.82, 2.24) is 0 Å². The van der Waals surface area contributed by atoms with Crippen LogP contribution in [0.15, 0.2) is 60.7 Å². The summed E-state index contributed by atoms with van der Waals surface area (Å²) in [6.07, 6.45) is -1.06. The highest BCUT2D eigenvalue weighted by Gasteiger charge is 2.38. The zero-order chi connectivity index (χ0) is 13.9. The van der Waals surface area contributed by atoms with Gasteiger partial charge in [0.05, 0.1) is 6.10 Å². The summed E-state index contributed by atoms with van der Waals surface area (Å²) in [4.78, 5) is 0. The van der Waals surface area contributed by atoms with Gasteiger partial charge in [-0.1, -0.05) is 60.7 Å². The molecule has 0 aliphatic heterocycles. The molecule has 0 amide bonds. The van der Waals surface area contributed by atoms with E-state index in [4.69, 9.17) is 0 Å². The Labute approximate surface area is 112 Å². The molecule has 0 saturated carbocycles. The Morgan fingerprint density at radius 1 is 0.842 bits per heavy atom. The van der Waals surface area contributed by atoms with Gasteiger partial charge in [0.2, 0.25) is 0 Å². The number of benzene rings is 2. The van der Waals surface area contributed by atoms with Gasteiger partial charge in [0.15, 0.2) is 7.14 Å². The summed E-state index contributed by atoms with van der Waals surface area (Å²) in [6, 6.07) is 17.7. The van der Waals surface area contributed by atoms with Crippen LogP contribution in [-0.2, 0) is 4.57 Å². The molecule has 3 nitrogen and oxygen atoms in total. The van der Waals surface area contributed by atoms with Crippen LogP contribution in [0.2, 0.25) is 0 Å². The van der Waals surface area contributed by atoms with Gasteiger partial charge in [0.25, 0.3) is 0 Å². The van der Waals surface area contributed by atoms with Crippen molar-refractivity contribution in [3.05, 3.63) is 60.7 Å². The minimum atomic E-state index is -3.27. The van der Waals surface area contributed by atoms with E-state index < -0.39 is 19.1 Å². The molecular formula is C15H17O3P. The lowest BCUT2D eigenvalue weighted by molar-refractivity contribution is 0.0812. The van der Waals surface area contributed by atoms with E-state index in [9.17, 15) is 14.8 Å². The lowest BCUT2D eigenvalue weighted by Crippen LogP contribution is -2.32. The van der Waals surface area contributed by atoms with E-state index in [1.165, 1.54) is 6.92 Å². The second-order valence-electron chi connectivity index (χ2n) is 4.48. The monoisotopic (exact) mass is 276 g/mol. The minimum absolute atomic E-state index is 0.551. The highest BCUT2D eigenvalue weighted by molar-refractivity contribution is 7.79. The fourth-order valence-corrected chi connectivity index (χ4v) is 4.80. The van der Waals surface area contributed by atoms with Crippen LogP contribution in [0.1, 0.15) is 6.92 Å². The first-order chi connectivity index (χ1) is 9.06. The molecule has 2 atom stereocenters. The molecule has 0 aliphatic rings. The summed E-state index contributed by atoms with van der Waals surface area (Å²) in [5, 5.41) is 21.0. The largest absolute Gasteiger partial charge is 0.390 e. The highest BCUT2D eigenvalue weighted by atomic mass is 31.2. The first-order valence-corrected chi connectivity index (χ1v) is 7.91. The van der Waals surface area contributed by atoms with Crippen LogP contribution in [-0.4, -0.2) is 22.2 Å². The maximum absolute atomic E-state index is 13.3. The van der Waals surface area contributed by atoms with Crippen molar-refractivity contribution in [2.24, 2.45) is 0 Å². The summed E-state index contributed by atoms with van der Waals surface area (Å²) in [6.45, 7) is 1.45. The Hall–Kier alpha value is -1.41. The van der Waals surface area contributed by atoms with Crippen molar-refractivity contribution in [3.63, 3.8) is 0 Å². The Balaban J connectivity index is 2.61. The Bertz CT molecular complexity index is 523. The van der Waals surface area contributed by atoms with Gasteiger partial charge in [-0.05, 0) is 6.92 Å². The van der Waals surface area contributed by atoms with Gasteiger partial charge >= 0.3 is 0 Å². The molecule has 2 rings (SSSR count). The third-order valence-corrected chi connectivity index (χ3v) is 6.39. The number of aliphatic hydroxyl groups excluding tert-OH is 2. The Morgan fingerprint density at radius 2 is 1.21 bits per heavy atom. The molecule has 0 aromatic heterocycles. The Kier molecular flexibility index (Phi) is 4.20. The SMILES string of the molecule is CC(O)C(O)P(=O)(c1ccccc1)c1ccccc1. The van der Waals surface area contributed by atoms with Crippen LogP contribution < -0.4 is 10.6 Å². The molecule has 0 fully saturated rings. The summed E-state index contributed by atoms with van der Waals surface area (Å²) < 4.78 is 13.3. The number of hydrogen-bond donors (Lipinski definition) is 2. The predicted molar refractivity (Wildman–Crippen MR) is 77.4 cm³/mol. The van der Waals surface area contributed by atoms with Gasteiger partial charge in [-0.25, -0.2) is 0 Å². The highest BCUT2D eigenvalue weighted by Crippen LogP contribution is 2.48. The average molecular weight is 276 g/mol. The summed E-state index contributed by atoms with van der Waals surface area (Å²) in [5.74, 6) is -1.31. The van der Waals surface area contributed by atoms with Crippen LogP contribution in [0.25, 0.3) is 0 Å². The second-order valence-corrected chi connectivity index (χ2v) is 7.36. The first kappa shape index (κ1) is 14.0. The zero-order valence-corrected chi connectivity index (χ0v) is 11.6. The third-order valence-electron chi connectivity index (χ3n) is 3.08. The van der Waals surface area contributed by atoms with E-state index in [0.717, 1.165) is 0 Å². The molecule has 2 aromatic rings. The molecular weight excluding hydrogens is 259 g/mol. The third kappa shape index (κ3) is 2.64. The smallest absolute Gasteiger partial charge is 0.172 e. The van der Waals surface area contributed by atoms with E-state index >= 15 is 0 Å². The van der Waals surface area contributed by atoms with Crippen LogP contribution in [0.4, 0.5) is 0 Å². The van der Waals surface area contributed by atoms with Crippen LogP contribution in [0.5, 0.6) is 0 Å². The zero-order valence-electron chi connectivity index (χ0n) is 10.7. The maximum Gasteiger partial charge on any atom is 0.172 e. The normalized spacial score (nSPS) is 14.9. The molecule has 4 heteroatoms. The second kappa shape index (κ2) is 5.70. The van der Waals surface area contributed by atoms with Gasteiger partial charge in [-0.15, -0.1) is 0 Å². The van der Waals surface area contributed by atoms with E-state index in [0.29, 0.717) is 10.6 Å². The molecule has 0 bridgehead atoms. The maximum atomic E-state index is 13.3.